The van der Waals surface area contributed by atoms with Gasteiger partial charge in [0.2, 0.25) is 5.91 Å². The second kappa shape index (κ2) is 5.81. The van der Waals surface area contributed by atoms with Gasteiger partial charge < -0.3 is 5.32 Å². The molecule has 0 radical (unpaired) electrons. The van der Waals surface area contributed by atoms with Gasteiger partial charge in [-0.15, -0.1) is 11.3 Å². The topological polar surface area (TPSA) is 80.0 Å². The highest BCUT2D eigenvalue weighted by Crippen LogP contribution is 2.24. The van der Waals surface area contributed by atoms with Crippen LogP contribution >= 0.6 is 11.3 Å². The number of amides is 1. The Bertz CT molecular complexity index is 594. The van der Waals surface area contributed by atoms with Crippen molar-refractivity contribution in [1.29, 1.82) is 0 Å². The van der Waals surface area contributed by atoms with E-state index < -0.39 is 0 Å². The third-order valence-electron chi connectivity index (χ3n) is 2.68. The van der Waals surface area contributed by atoms with Gasteiger partial charge in [0.05, 0.1) is 12.1 Å². The van der Waals surface area contributed by atoms with E-state index in [0.717, 1.165) is 16.4 Å². The average molecular weight is 276 g/mol. The zero-order valence-electron chi connectivity index (χ0n) is 10.9. The Kier molecular flexibility index (Phi) is 4.13. The normalized spacial score (nSPS) is 10.3. The van der Waals surface area contributed by atoms with Gasteiger partial charge in [-0.05, 0) is 25.5 Å². The van der Waals surface area contributed by atoms with E-state index in [1.54, 1.807) is 0 Å². The fraction of sp³-hybridized carbons (Fsp3) is 0.231. The molecule has 0 bridgehead atoms. The Balaban J connectivity index is 2.09. The average Bonchev–Trinajstić information content (AvgIpc) is 2.80. The minimum Gasteiger partial charge on any atom is -0.331 e. The van der Waals surface area contributed by atoms with E-state index in [1.165, 1.54) is 16.9 Å². The smallest absolute Gasteiger partial charge is 0.239 e. The number of benzene rings is 1. The van der Waals surface area contributed by atoms with Crippen LogP contribution in [0, 0.1) is 13.8 Å². The summed E-state index contributed by atoms with van der Waals surface area (Å²) >= 11 is 1.47. The van der Waals surface area contributed by atoms with Crippen molar-refractivity contribution in [3.63, 3.8) is 0 Å². The summed E-state index contributed by atoms with van der Waals surface area (Å²) in [4.78, 5) is 15.5. The molecule has 0 atom stereocenters. The summed E-state index contributed by atoms with van der Waals surface area (Å²) in [5.41, 5.74) is 6.21. The summed E-state index contributed by atoms with van der Waals surface area (Å²) in [6, 6.07) is 6.18. The molecule has 1 amide bonds. The van der Waals surface area contributed by atoms with Crippen molar-refractivity contribution in [3.05, 3.63) is 40.4 Å². The van der Waals surface area contributed by atoms with Crippen LogP contribution in [0.5, 0.6) is 0 Å². The van der Waals surface area contributed by atoms with E-state index in [-0.39, 0.29) is 12.3 Å². The number of nitrogens with one attached hydrogen (secondary N) is 2. The number of hydrogen-bond donors (Lipinski definition) is 3. The molecule has 0 unspecified atom stereocenters. The van der Waals surface area contributed by atoms with Crippen LogP contribution < -0.4 is 16.6 Å². The number of hydrogen-bond acceptors (Lipinski definition) is 5. The lowest BCUT2D eigenvalue weighted by Gasteiger charge is -2.07. The van der Waals surface area contributed by atoms with Gasteiger partial charge in [0.25, 0.3) is 0 Å². The van der Waals surface area contributed by atoms with E-state index >= 15 is 0 Å². The highest BCUT2D eigenvalue weighted by atomic mass is 32.1. The SMILES string of the molecule is Cc1ccc(Nc2nc(CC(=O)NN)cs2)c(C)c1. The number of aromatic nitrogens is 1. The van der Waals surface area contributed by atoms with Crippen LogP contribution in [0.2, 0.25) is 0 Å². The largest absolute Gasteiger partial charge is 0.331 e. The van der Waals surface area contributed by atoms with Crippen LogP contribution in [0.1, 0.15) is 16.8 Å². The number of carbonyl (C=O) groups excluding carboxylic acids is 1. The predicted octanol–water partition coefficient (Wildman–Crippen LogP) is 2.04. The van der Waals surface area contributed by atoms with Gasteiger partial charge in [0, 0.05) is 11.1 Å². The fourth-order valence-electron chi connectivity index (χ4n) is 1.73. The molecular formula is C13H16N4OS. The molecule has 2 aromatic rings. The number of nitrogens with two attached hydrogens (primary N) is 1. The molecule has 0 saturated heterocycles. The lowest BCUT2D eigenvalue weighted by atomic mass is 10.1. The molecule has 0 spiro atoms. The Morgan fingerprint density at radius 1 is 1.42 bits per heavy atom. The molecule has 1 heterocycles. The maximum atomic E-state index is 11.1. The molecule has 100 valence electrons. The van der Waals surface area contributed by atoms with Crippen LogP contribution in [0.25, 0.3) is 0 Å². The monoisotopic (exact) mass is 276 g/mol. The van der Waals surface area contributed by atoms with Crippen molar-refractivity contribution >= 4 is 28.1 Å². The molecule has 2 rings (SSSR count). The van der Waals surface area contributed by atoms with Gasteiger partial charge in [-0.2, -0.15) is 0 Å². The zero-order chi connectivity index (χ0) is 13.8. The van der Waals surface area contributed by atoms with E-state index in [9.17, 15) is 4.79 Å². The summed E-state index contributed by atoms with van der Waals surface area (Å²) in [5.74, 6) is 4.80. The number of thiazole rings is 1. The molecule has 5 nitrogen and oxygen atoms in total. The van der Waals surface area contributed by atoms with E-state index in [4.69, 9.17) is 5.84 Å². The zero-order valence-corrected chi connectivity index (χ0v) is 11.7. The Labute approximate surface area is 115 Å². The lowest BCUT2D eigenvalue weighted by Crippen LogP contribution is -2.31. The van der Waals surface area contributed by atoms with Gasteiger partial charge >= 0.3 is 0 Å². The molecule has 19 heavy (non-hydrogen) atoms. The molecule has 0 aliphatic heterocycles. The first-order valence-corrected chi connectivity index (χ1v) is 6.74. The third-order valence-corrected chi connectivity index (χ3v) is 3.48. The molecule has 1 aromatic carbocycles. The quantitative estimate of drug-likeness (QED) is 0.453. The van der Waals surface area contributed by atoms with Crippen LogP contribution in [-0.2, 0) is 11.2 Å². The van der Waals surface area contributed by atoms with Gasteiger partial charge in [0.15, 0.2) is 5.13 Å². The van der Waals surface area contributed by atoms with Gasteiger partial charge in [-0.3, -0.25) is 10.2 Å². The van der Waals surface area contributed by atoms with Crippen molar-refractivity contribution in [2.75, 3.05) is 5.32 Å². The minimum atomic E-state index is -0.247. The van der Waals surface area contributed by atoms with Crippen molar-refractivity contribution in [1.82, 2.24) is 10.4 Å². The summed E-state index contributed by atoms with van der Waals surface area (Å²) in [5, 5.41) is 5.87. The summed E-state index contributed by atoms with van der Waals surface area (Å²) in [6.45, 7) is 4.11. The highest BCUT2D eigenvalue weighted by molar-refractivity contribution is 7.13. The Hall–Kier alpha value is -1.92. The van der Waals surface area contributed by atoms with Crippen LogP contribution in [0.15, 0.2) is 23.6 Å². The standard InChI is InChI=1S/C13H16N4OS/c1-8-3-4-11(9(2)5-8)16-13-15-10(7-19-13)6-12(18)17-14/h3-5,7H,6,14H2,1-2H3,(H,15,16)(H,17,18). The van der Waals surface area contributed by atoms with Crippen molar-refractivity contribution < 1.29 is 4.79 Å². The van der Waals surface area contributed by atoms with E-state index in [1.807, 2.05) is 24.4 Å². The van der Waals surface area contributed by atoms with Crippen LogP contribution in [-0.4, -0.2) is 10.9 Å². The molecule has 0 saturated carbocycles. The third kappa shape index (κ3) is 3.52. The summed E-state index contributed by atoms with van der Waals surface area (Å²) in [7, 11) is 0. The van der Waals surface area contributed by atoms with Gasteiger partial charge in [-0.25, -0.2) is 10.8 Å². The second-order valence-electron chi connectivity index (χ2n) is 4.33. The maximum absolute atomic E-state index is 11.1. The second-order valence-corrected chi connectivity index (χ2v) is 5.19. The van der Waals surface area contributed by atoms with Crippen LogP contribution in [0.4, 0.5) is 10.8 Å². The molecule has 0 aliphatic rings. The number of aryl methyl sites for hydroxylation is 2. The fourth-order valence-corrected chi connectivity index (χ4v) is 2.45. The number of carbonyl (C=O) groups is 1. The van der Waals surface area contributed by atoms with Gasteiger partial charge in [0.1, 0.15) is 0 Å². The van der Waals surface area contributed by atoms with Crippen LogP contribution in [0.3, 0.4) is 0 Å². The first-order valence-electron chi connectivity index (χ1n) is 5.86. The predicted molar refractivity (Wildman–Crippen MR) is 77.3 cm³/mol. The Morgan fingerprint density at radius 3 is 2.89 bits per heavy atom. The lowest BCUT2D eigenvalue weighted by molar-refractivity contribution is -0.120. The summed E-state index contributed by atoms with van der Waals surface area (Å²) in [6.07, 6.45) is 0.196. The number of anilines is 2. The maximum Gasteiger partial charge on any atom is 0.239 e. The molecule has 0 aliphatic carbocycles. The molecule has 1 aromatic heterocycles. The minimum absolute atomic E-state index is 0.196. The van der Waals surface area contributed by atoms with Crippen molar-refractivity contribution in [2.24, 2.45) is 5.84 Å². The van der Waals surface area contributed by atoms with Crippen molar-refractivity contribution in [3.8, 4) is 0 Å². The van der Waals surface area contributed by atoms with E-state index in [0.29, 0.717) is 5.69 Å². The summed E-state index contributed by atoms with van der Waals surface area (Å²) < 4.78 is 0. The van der Waals surface area contributed by atoms with Gasteiger partial charge in [-0.1, -0.05) is 17.7 Å². The number of nitrogens with zero attached hydrogens (tertiary/aromatic N) is 1. The first-order chi connectivity index (χ1) is 9.08. The molecule has 0 fully saturated rings. The molecule has 6 heteroatoms. The van der Waals surface area contributed by atoms with Crippen molar-refractivity contribution in [2.45, 2.75) is 20.3 Å². The highest BCUT2D eigenvalue weighted by Gasteiger charge is 2.07. The van der Waals surface area contributed by atoms with E-state index in [2.05, 4.69) is 28.7 Å². The first kappa shape index (κ1) is 13.5. The molecule has 4 N–H and O–H groups in total. The Morgan fingerprint density at radius 2 is 2.21 bits per heavy atom. The molecular weight excluding hydrogens is 260 g/mol. The number of hydrazine groups is 1. The number of rotatable bonds is 4.